The monoisotopic (exact) mass is 347 g/mol. The lowest BCUT2D eigenvalue weighted by molar-refractivity contribution is -0.296. The van der Waals surface area contributed by atoms with E-state index in [4.69, 9.17) is 21.1 Å². The van der Waals surface area contributed by atoms with Gasteiger partial charge in [0.1, 0.15) is 0 Å². The number of carbonyl (C=O) groups is 1. The second kappa shape index (κ2) is 8.39. The van der Waals surface area contributed by atoms with Gasteiger partial charge in [0.2, 0.25) is 0 Å². The highest BCUT2D eigenvalue weighted by Crippen LogP contribution is 2.21. The summed E-state index contributed by atoms with van der Waals surface area (Å²) < 4.78 is 15.1. The number of anilines is 1. The first-order valence-electron chi connectivity index (χ1n) is 6.94. The van der Waals surface area contributed by atoms with Gasteiger partial charge in [0.15, 0.2) is 10.8 Å². The quantitative estimate of drug-likeness (QED) is 0.585. The predicted molar refractivity (Wildman–Crippen MR) is 84.4 cm³/mol. The third-order valence-electron chi connectivity index (χ3n) is 2.68. The van der Waals surface area contributed by atoms with E-state index in [9.17, 15) is 9.90 Å². The van der Waals surface area contributed by atoms with Gasteiger partial charge in [0, 0.05) is 19.7 Å². The molecule has 1 atom stereocenters. The topological polar surface area (TPSA) is 94.0 Å². The molecule has 0 aromatic carbocycles. The average molecular weight is 348 g/mol. The van der Waals surface area contributed by atoms with Crippen LogP contribution in [0.15, 0.2) is 6.07 Å². The van der Waals surface area contributed by atoms with Crippen LogP contribution < -0.4 is 4.90 Å². The number of aliphatic hydroxyl groups excluding tert-OH is 1. The van der Waals surface area contributed by atoms with Crippen molar-refractivity contribution >= 4 is 23.3 Å². The Balaban J connectivity index is 2.66. The molecule has 0 radical (unpaired) electrons. The van der Waals surface area contributed by atoms with Crippen LogP contribution in [0.4, 0.5) is 5.69 Å². The smallest absolute Gasteiger partial charge is 0.360 e. The molecule has 1 unspecified atom stereocenters. The van der Waals surface area contributed by atoms with Crippen molar-refractivity contribution in [3.8, 4) is 0 Å². The van der Waals surface area contributed by atoms with Crippen LogP contribution in [0.25, 0.3) is 0 Å². The fourth-order valence-corrected chi connectivity index (χ4v) is 1.78. The van der Waals surface area contributed by atoms with Crippen molar-refractivity contribution in [3.05, 3.63) is 16.9 Å². The second-order valence-corrected chi connectivity index (χ2v) is 6.11. The first kappa shape index (κ1) is 19.6. The van der Waals surface area contributed by atoms with Gasteiger partial charge in [-0.05, 0) is 20.8 Å². The number of likely N-dealkylation sites (N-methyl/N-ethyl adjacent to an activating group) is 1. The molecule has 23 heavy (non-hydrogen) atoms. The van der Waals surface area contributed by atoms with E-state index in [2.05, 4.69) is 14.9 Å². The maximum atomic E-state index is 11.7. The molecule has 130 valence electrons. The number of halogens is 1. The Morgan fingerprint density at radius 2 is 2.09 bits per heavy atom. The highest BCUT2D eigenvalue weighted by atomic mass is 35.5. The van der Waals surface area contributed by atoms with Gasteiger partial charge in [0.05, 0.1) is 25.0 Å². The second-order valence-electron chi connectivity index (χ2n) is 5.72. The Morgan fingerprint density at radius 1 is 1.43 bits per heavy atom. The molecule has 1 rings (SSSR count). The number of methoxy groups -OCH3 is 1. The summed E-state index contributed by atoms with van der Waals surface area (Å²) in [6, 6.07) is 1.50. The summed E-state index contributed by atoms with van der Waals surface area (Å²) >= 11 is 5.82. The van der Waals surface area contributed by atoms with E-state index in [-0.39, 0.29) is 17.5 Å². The molecule has 0 spiro atoms. The van der Waals surface area contributed by atoms with Crippen LogP contribution in [0.2, 0.25) is 5.15 Å². The highest BCUT2D eigenvalue weighted by molar-refractivity contribution is 6.29. The normalized spacial score (nSPS) is 12.8. The van der Waals surface area contributed by atoms with Crippen LogP contribution in [0.1, 0.15) is 31.3 Å². The summed E-state index contributed by atoms with van der Waals surface area (Å²) in [7, 11) is 2.98. The van der Waals surface area contributed by atoms with Crippen molar-refractivity contribution in [2.24, 2.45) is 0 Å². The predicted octanol–water partition coefficient (Wildman–Crippen LogP) is 1.46. The molecule has 0 fully saturated rings. The molecule has 0 bridgehead atoms. The van der Waals surface area contributed by atoms with Gasteiger partial charge >= 0.3 is 5.97 Å². The molecular weight excluding hydrogens is 326 g/mol. The van der Waals surface area contributed by atoms with Crippen LogP contribution in [0.3, 0.4) is 0 Å². The van der Waals surface area contributed by atoms with Crippen molar-refractivity contribution in [1.82, 2.24) is 10.2 Å². The Kier molecular flexibility index (Phi) is 7.14. The number of nitrogens with zero attached hydrogens (tertiary/aromatic N) is 3. The lowest BCUT2D eigenvalue weighted by atomic mass is 10.2. The van der Waals surface area contributed by atoms with Crippen LogP contribution >= 0.6 is 11.6 Å². The fourth-order valence-electron chi connectivity index (χ4n) is 1.64. The first-order valence-corrected chi connectivity index (χ1v) is 7.32. The summed E-state index contributed by atoms with van der Waals surface area (Å²) in [4.78, 5) is 13.4. The van der Waals surface area contributed by atoms with E-state index in [1.165, 1.54) is 13.2 Å². The fraction of sp³-hybridized carbons (Fsp3) is 0.643. The Bertz CT molecular complexity index is 536. The van der Waals surface area contributed by atoms with Crippen LogP contribution in [0.5, 0.6) is 0 Å². The molecule has 0 saturated heterocycles. The zero-order valence-corrected chi connectivity index (χ0v) is 14.6. The molecule has 0 amide bonds. The van der Waals surface area contributed by atoms with Gasteiger partial charge in [-0.1, -0.05) is 11.6 Å². The summed E-state index contributed by atoms with van der Waals surface area (Å²) in [6.07, 6.45) is 0. The Morgan fingerprint density at radius 3 is 2.65 bits per heavy atom. The zero-order chi connectivity index (χ0) is 17.6. The van der Waals surface area contributed by atoms with E-state index < -0.39 is 18.0 Å². The number of ether oxygens (including phenoxy) is 3. The molecule has 0 aliphatic heterocycles. The third kappa shape index (κ3) is 6.66. The summed E-state index contributed by atoms with van der Waals surface area (Å²) in [5.41, 5.74) is -0.0242. The van der Waals surface area contributed by atoms with Gasteiger partial charge in [-0.15, -0.1) is 10.2 Å². The molecule has 0 aliphatic rings. The number of hydrogen-bond donors (Lipinski definition) is 1. The zero-order valence-electron chi connectivity index (χ0n) is 13.9. The molecule has 1 aromatic rings. The summed E-state index contributed by atoms with van der Waals surface area (Å²) in [5, 5.41) is 17.1. The van der Waals surface area contributed by atoms with Crippen LogP contribution in [-0.4, -0.2) is 60.7 Å². The minimum atomic E-state index is -1.33. The number of aliphatic hydroxyl groups is 1. The van der Waals surface area contributed by atoms with Crippen LogP contribution in [0, 0.1) is 0 Å². The third-order valence-corrected chi connectivity index (χ3v) is 2.86. The number of carbonyl (C=O) groups excluding carboxylic acids is 1. The van der Waals surface area contributed by atoms with E-state index in [1.54, 1.807) is 32.7 Å². The minimum Gasteiger partial charge on any atom is -0.464 e. The van der Waals surface area contributed by atoms with Gasteiger partial charge in [-0.3, -0.25) is 0 Å². The molecule has 1 heterocycles. The Labute approximate surface area is 140 Å². The largest absolute Gasteiger partial charge is 0.464 e. The SMILES string of the molecule is COC(=O)c1nnc(Cl)cc1N(C)CCOC(O)OC(C)(C)C. The molecule has 0 saturated carbocycles. The number of aromatic nitrogens is 2. The van der Waals surface area contributed by atoms with Gasteiger partial charge in [0.25, 0.3) is 6.48 Å². The molecular formula is C14H22ClN3O5. The highest BCUT2D eigenvalue weighted by Gasteiger charge is 2.20. The maximum absolute atomic E-state index is 11.7. The minimum absolute atomic E-state index is 0.0471. The van der Waals surface area contributed by atoms with Crippen LogP contribution in [-0.2, 0) is 14.2 Å². The summed E-state index contributed by atoms with van der Waals surface area (Å²) in [5.74, 6) is -0.618. The van der Waals surface area contributed by atoms with E-state index >= 15 is 0 Å². The van der Waals surface area contributed by atoms with Gasteiger partial charge in [-0.25, -0.2) is 4.79 Å². The number of esters is 1. The average Bonchev–Trinajstić information content (AvgIpc) is 2.44. The lowest BCUT2D eigenvalue weighted by Gasteiger charge is -2.25. The van der Waals surface area contributed by atoms with Crippen molar-refractivity contribution in [1.29, 1.82) is 0 Å². The van der Waals surface area contributed by atoms with Crippen molar-refractivity contribution in [2.75, 3.05) is 32.2 Å². The molecule has 0 aliphatic carbocycles. The van der Waals surface area contributed by atoms with E-state index in [1.807, 2.05) is 0 Å². The van der Waals surface area contributed by atoms with E-state index in [0.717, 1.165) is 0 Å². The first-order chi connectivity index (χ1) is 10.6. The maximum Gasteiger partial charge on any atom is 0.360 e. The molecule has 8 nitrogen and oxygen atoms in total. The number of rotatable bonds is 7. The molecule has 1 aromatic heterocycles. The van der Waals surface area contributed by atoms with E-state index in [0.29, 0.717) is 12.2 Å². The summed E-state index contributed by atoms with van der Waals surface area (Å²) in [6.45, 7) is 4.60. The standard InChI is InChI=1S/C14H22ClN3O5/c1-14(2,3)23-13(20)22-7-6-18(4)9-8-10(15)16-17-11(9)12(19)21-5/h8,13,20H,6-7H2,1-5H3. The number of hydrogen-bond acceptors (Lipinski definition) is 8. The van der Waals surface area contributed by atoms with Crippen molar-refractivity contribution in [2.45, 2.75) is 32.8 Å². The van der Waals surface area contributed by atoms with Crippen molar-refractivity contribution < 1.29 is 24.1 Å². The van der Waals surface area contributed by atoms with Gasteiger partial charge < -0.3 is 24.2 Å². The van der Waals surface area contributed by atoms with Gasteiger partial charge in [-0.2, -0.15) is 0 Å². The Hall–Kier alpha value is -1.48. The lowest BCUT2D eigenvalue weighted by Crippen LogP contribution is -2.32. The van der Waals surface area contributed by atoms with Crippen molar-refractivity contribution in [3.63, 3.8) is 0 Å². The molecule has 9 heteroatoms. The molecule has 1 N–H and O–H groups in total.